The standard InChI is InChI=1S/C23H30N2O4S/c1-16-7-10-19(11-8-16)30(27,28)24-18-9-12-20-17(13-18)14-25(15-23(20,5)6)21(26)29-22(2,3)4/h7-13,24H,14-15H2,1-6H3. The minimum absolute atomic E-state index is 0.210. The molecule has 1 aliphatic rings. The first-order valence-electron chi connectivity index (χ1n) is 9.98. The van der Waals surface area contributed by atoms with E-state index in [0.717, 1.165) is 16.7 Å². The van der Waals surface area contributed by atoms with Gasteiger partial charge >= 0.3 is 6.09 Å². The van der Waals surface area contributed by atoms with Crippen molar-refractivity contribution in [1.29, 1.82) is 0 Å². The number of aryl methyl sites for hydroxylation is 1. The zero-order chi connectivity index (χ0) is 22.3. The van der Waals surface area contributed by atoms with Crippen LogP contribution in [0, 0.1) is 6.92 Å². The largest absolute Gasteiger partial charge is 0.444 e. The summed E-state index contributed by atoms with van der Waals surface area (Å²) >= 11 is 0. The van der Waals surface area contributed by atoms with E-state index < -0.39 is 15.6 Å². The zero-order valence-electron chi connectivity index (χ0n) is 18.4. The molecular weight excluding hydrogens is 400 g/mol. The number of nitrogens with one attached hydrogen (secondary N) is 1. The lowest BCUT2D eigenvalue weighted by Gasteiger charge is -2.40. The van der Waals surface area contributed by atoms with Crippen LogP contribution >= 0.6 is 0 Å². The van der Waals surface area contributed by atoms with Crippen LogP contribution in [-0.4, -0.2) is 31.6 Å². The first-order valence-corrected chi connectivity index (χ1v) is 11.5. The molecule has 6 nitrogen and oxygen atoms in total. The van der Waals surface area contributed by atoms with Crippen molar-refractivity contribution < 1.29 is 17.9 Å². The molecule has 1 N–H and O–H groups in total. The lowest BCUT2D eigenvalue weighted by molar-refractivity contribution is 0.0174. The van der Waals surface area contributed by atoms with Crippen LogP contribution in [0.2, 0.25) is 0 Å². The highest BCUT2D eigenvalue weighted by atomic mass is 32.2. The number of carbonyl (C=O) groups is 1. The maximum absolute atomic E-state index is 12.7. The molecular formula is C23H30N2O4S. The van der Waals surface area contributed by atoms with Crippen LogP contribution in [0.25, 0.3) is 0 Å². The van der Waals surface area contributed by atoms with E-state index >= 15 is 0 Å². The first kappa shape index (κ1) is 22.2. The molecule has 0 bridgehead atoms. The Morgan fingerprint density at radius 1 is 1.10 bits per heavy atom. The minimum atomic E-state index is -3.69. The van der Waals surface area contributed by atoms with Gasteiger partial charge in [0.25, 0.3) is 10.0 Å². The lowest BCUT2D eigenvalue weighted by Crippen LogP contribution is -2.46. The first-order chi connectivity index (χ1) is 13.8. The predicted molar refractivity (Wildman–Crippen MR) is 118 cm³/mol. The van der Waals surface area contributed by atoms with Crippen LogP contribution in [0.5, 0.6) is 0 Å². The molecule has 0 radical (unpaired) electrons. The fraction of sp³-hybridized carbons (Fsp3) is 0.435. The maximum Gasteiger partial charge on any atom is 0.410 e. The second-order valence-electron chi connectivity index (χ2n) is 9.51. The third kappa shape index (κ3) is 4.95. The second kappa shape index (κ2) is 7.61. The molecule has 30 heavy (non-hydrogen) atoms. The number of rotatable bonds is 3. The van der Waals surface area contributed by atoms with E-state index in [-0.39, 0.29) is 16.4 Å². The summed E-state index contributed by atoms with van der Waals surface area (Å²) in [6, 6.07) is 12.2. The number of fused-ring (bicyclic) bond motifs is 1. The van der Waals surface area contributed by atoms with Gasteiger partial charge in [0.2, 0.25) is 0 Å². The van der Waals surface area contributed by atoms with Gasteiger partial charge in [-0.1, -0.05) is 37.6 Å². The van der Waals surface area contributed by atoms with Crippen LogP contribution in [-0.2, 0) is 26.7 Å². The van der Waals surface area contributed by atoms with E-state index in [2.05, 4.69) is 18.6 Å². The van der Waals surface area contributed by atoms with Gasteiger partial charge in [0, 0.05) is 24.2 Å². The third-order valence-corrected chi connectivity index (χ3v) is 6.41. The monoisotopic (exact) mass is 430 g/mol. The molecule has 1 heterocycles. The van der Waals surface area contributed by atoms with Gasteiger partial charge in [-0.3, -0.25) is 4.72 Å². The fourth-order valence-electron chi connectivity index (χ4n) is 3.66. The maximum atomic E-state index is 12.7. The number of hydrogen-bond donors (Lipinski definition) is 1. The van der Waals surface area contributed by atoms with Gasteiger partial charge in [-0.05, 0) is 63.1 Å². The van der Waals surface area contributed by atoms with Crippen LogP contribution in [0.1, 0.15) is 51.3 Å². The van der Waals surface area contributed by atoms with Gasteiger partial charge in [0.05, 0.1) is 4.90 Å². The number of sulfonamides is 1. The Kier molecular flexibility index (Phi) is 5.62. The second-order valence-corrected chi connectivity index (χ2v) is 11.2. The zero-order valence-corrected chi connectivity index (χ0v) is 19.3. The summed E-state index contributed by atoms with van der Waals surface area (Å²) in [7, 11) is -3.69. The molecule has 0 saturated heterocycles. The fourth-order valence-corrected chi connectivity index (χ4v) is 4.71. The van der Waals surface area contributed by atoms with Gasteiger partial charge in [0.15, 0.2) is 0 Å². The number of amides is 1. The Labute approximate surface area is 179 Å². The molecule has 3 rings (SSSR count). The molecule has 0 aliphatic carbocycles. The summed E-state index contributed by atoms with van der Waals surface area (Å²) < 4.78 is 33.7. The third-order valence-electron chi connectivity index (χ3n) is 5.02. The van der Waals surface area contributed by atoms with Crippen molar-refractivity contribution >= 4 is 21.8 Å². The summed E-state index contributed by atoms with van der Waals surface area (Å²) in [4.78, 5) is 14.5. The summed E-state index contributed by atoms with van der Waals surface area (Å²) in [6.45, 7) is 12.5. The number of benzene rings is 2. The van der Waals surface area contributed by atoms with Crippen molar-refractivity contribution in [1.82, 2.24) is 4.90 Å². The van der Waals surface area contributed by atoms with Gasteiger partial charge in [-0.15, -0.1) is 0 Å². The highest BCUT2D eigenvalue weighted by Gasteiger charge is 2.35. The highest BCUT2D eigenvalue weighted by Crippen LogP contribution is 2.35. The normalized spacial score (nSPS) is 16.0. The van der Waals surface area contributed by atoms with Crippen LogP contribution in [0.15, 0.2) is 47.4 Å². The van der Waals surface area contributed by atoms with E-state index in [1.54, 1.807) is 41.3 Å². The Morgan fingerprint density at radius 2 is 1.73 bits per heavy atom. The van der Waals surface area contributed by atoms with Gasteiger partial charge in [-0.2, -0.15) is 0 Å². The smallest absolute Gasteiger partial charge is 0.410 e. The summed E-state index contributed by atoms with van der Waals surface area (Å²) in [5, 5.41) is 0. The molecule has 7 heteroatoms. The minimum Gasteiger partial charge on any atom is -0.444 e. The van der Waals surface area contributed by atoms with Crippen molar-refractivity contribution in [2.24, 2.45) is 0 Å². The number of nitrogens with zero attached hydrogens (tertiary/aromatic N) is 1. The molecule has 2 aromatic rings. The van der Waals surface area contributed by atoms with E-state index in [1.165, 1.54) is 0 Å². The summed E-state index contributed by atoms with van der Waals surface area (Å²) in [5.74, 6) is 0. The molecule has 2 aromatic carbocycles. The van der Waals surface area contributed by atoms with E-state index in [9.17, 15) is 13.2 Å². The SMILES string of the molecule is Cc1ccc(S(=O)(=O)Nc2ccc3c(c2)CN(C(=O)OC(C)(C)C)CC3(C)C)cc1. The van der Waals surface area contributed by atoms with E-state index in [1.807, 2.05) is 33.8 Å². The molecule has 0 aromatic heterocycles. The number of ether oxygens (including phenoxy) is 1. The Morgan fingerprint density at radius 3 is 2.33 bits per heavy atom. The molecule has 162 valence electrons. The molecule has 0 fully saturated rings. The number of anilines is 1. The average molecular weight is 431 g/mol. The van der Waals surface area contributed by atoms with Crippen molar-refractivity contribution in [3.63, 3.8) is 0 Å². The van der Waals surface area contributed by atoms with Crippen LogP contribution < -0.4 is 4.72 Å². The topological polar surface area (TPSA) is 75.7 Å². The summed E-state index contributed by atoms with van der Waals surface area (Å²) in [6.07, 6.45) is -0.369. The molecule has 1 amide bonds. The number of hydrogen-bond acceptors (Lipinski definition) is 4. The van der Waals surface area contributed by atoms with Gasteiger partial charge in [0.1, 0.15) is 5.60 Å². The van der Waals surface area contributed by atoms with Crippen molar-refractivity contribution in [3.05, 3.63) is 59.2 Å². The summed E-state index contributed by atoms with van der Waals surface area (Å²) in [5.41, 5.74) is 2.61. The molecule has 0 unspecified atom stereocenters. The van der Waals surface area contributed by atoms with Crippen LogP contribution in [0.4, 0.5) is 10.5 Å². The molecule has 0 atom stereocenters. The van der Waals surface area contributed by atoms with Crippen molar-refractivity contribution in [3.8, 4) is 0 Å². The van der Waals surface area contributed by atoms with Crippen molar-refractivity contribution in [2.45, 2.75) is 64.0 Å². The predicted octanol–water partition coefficient (Wildman–Crippen LogP) is 4.82. The van der Waals surface area contributed by atoms with Gasteiger partial charge < -0.3 is 9.64 Å². The average Bonchev–Trinajstić information content (AvgIpc) is 2.59. The molecule has 1 aliphatic heterocycles. The van der Waals surface area contributed by atoms with Crippen LogP contribution in [0.3, 0.4) is 0 Å². The quantitative estimate of drug-likeness (QED) is 0.757. The van der Waals surface area contributed by atoms with E-state index in [4.69, 9.17) is 4.74 Å². The van der Waals surface area contributed by atoms with Crippen molar-refractivity contribution in [2.75, 3.05) is 11.3 Å². The lowest BCUT2D eigenvalue weighted by atomic mass is 9.78. The number of carbonyl (C=O) groups excluding carboxylic acids is 1. The highest BCUT2D eigenvalue weighted by molar-refractivity contribution is 7.92. The molecule has 0 spiro atoms. The molecule has 0 saturated carbocycles. The van der Waals surface area contributed by atoms with Gasteiger partial charge in [-0.25, -0.2) is 13.2 Å². The Bertz CT molecular complexity index is 1050. The Balaban J connectivity index is 1.88. The Hall–Kier alpha value is -2.54. The van der Waals surface area contributed by atoms with E-state index in [0.29, 0.717) is 18.8 Å².